The standard InChI is InChI=1S/C23H24N4O6/c1-2-33-23(30)26-13-11-25(12-14-26)22(29)20(24-21(28)18-8-4-3-5-9-18)16-17-7-6-10-19(15-17)27(31)32/h3-10,15-16H,2,11-14H2,1H3,(H,24,28)/b20-16-. The van der Waals surface area contributed by atoms with Gasteiger partial charge >= 0.3 is 6.09 Å². The summed E-state index contributed by atoms with van der Waals surface area (Å²) >= 11 is 0. The second-order valence-corrected chi connectivity index (χ2v) is 7.21. The Morgan fingerprint density at radius 2 is 1.70 bits per heavy atom. The molecule has 10 nitrogen and oxygen atoms in total. The molecular weight excluding hydrogens is 428 g/mol. The van der Waals surface area contributed by atoms with Crippen LogP contribution in [0.15, 0.2) is 60.3 Å². The van der Waals surface area contributed by atoms with Gasteiger partial charge in [0.2, 0.25) is 0 Å². The zero-order valence-corrected chi connectivity index (χ0v) is 18.1. The number of nitro benzene ring substituents is 1. The summed E-state index contributed by atoms with van der Waals surface area (Å²) in [5.74, 6) is -0.930. The van der Waals surface area contributed by atoms with E-state index in [4.69, 9.17) is 4.74 Å². The molecule has 1 fully saturated rings. The molecule has 0 aliphatic carbocycles. The maximum absolute atomic E-state index is 13.3. The van der Waals surface area contributed by atoms with Gasteiger partial charge in [0.05, 0.1) is 11.5 Å². The highest BCUT2D eigenvalue weighted by molar-refractivity contribution is 6.05. The molecule has 0 spiro atoms. The molecule has 1 saturated heterocycles. The van der Waals surface area contributed by atoms with E-state index in [2.05, 4.69) is 5.32 Å². The zero-order chi connectivity index (χ0) is 23.8. The first-order valence-corrected chi connectivity index (χ1v) is 10.4. The minimum absolute atomic E-state index is 0.0195. The van der Waals surface area contributed by atoms with Crippen molar-refractivity contribution < 1.29 is 24.0 Å². The second kappa shape index (κ2) is 10.9. The van der Waals surface area contributed by atoms with E-state index in [0.717, 1.165) is 0 Å². The third-order valence-corrected chi connectivity index (χ3v) is 5.00. The quantitative estimate of drug-likeness (QED) is 0.408. The number of nitro groups is 1. The average molecular weight is 452 g/mol. The van der Waals surface area contributed by atoms with Crippen molar-refractivity contribution in [2.45, 2.75) is 6.92 Å². The molecule has 0 aromatic heterocycles. The highest BCUT2D eigenvalue weighted by Crippen LogP contribution is 2.17. The minimum atomic E-state index is -0.532. The fourth-order valence-corrected chi connectivity index (χ4v) is 3.31. The Morgan fingerprint density at radius 1 is 1.03 bits per heavy atom. The van der Waals surface area contributed by atoms with Crippen LogP contribution in [-0.4, -0.2) is 65.4 Å². The van der Waals surface area contributed by atoms with E-state index in [0.29, 0.717) is 24.2 Å². The Kier molecular flexibility index (Phi) is 7.74. The van der Waals surface area contributed by atoms with Crippen molar-refractivity contribution in [3.63, 3.8) is 0 Å². The molecule has 172 valence electrons. The number of hydrogen-bond acceptors (Lipinski definition) is 6. The molecule has 2 aromatic carbocycles. The number of non-ortho nitro benzene ring substituents is 1. The van der Waals surface area contributed by atoms with E-state index >= 15 is 0 Å². The SMILES string of the molecule is CCOC(=O)N1CCN(C(=O)/C(=C/c2cccc([N+](=O)[O-])c2)NC(=O)c2ccccc2)CC1. The lowest BCUT2D eigenvalue weighted by Gasteiger charge is -2.34. The van der Waals surface area contributed by atoms with Gasteiger partial charge in [0.15, 0.2) is 0 Å². The lowest BCUT2D eigenvalue weighted by Crippen LogP contribution is -2.52. The van der Waals surface area contributed by atoms with Crippen LogP contribution in [0.2, 0.25) is 0 Å². The van der Waals surface area contributed by atoms with Crippen molar-refractivity contribution >= 4 is 29.7 Å². The van der Waals surface area contributed by atoms with Gasteiger partial charge in [-0.15, -0.1) is 0 Å². The molecular formula is C23H24N4O6. The molecule has 10 heteroatoms. The minimum Gasteiger partial charge on any atom is -0.450 e. The largest absolute Gasteiger partial charge is 0.450 e. The molecule has 1 aliphatic heterocycles. The molecule has 3 amide bonds. The third kappa shape index (κ3) is 6.16. The Hall–Kier alpha value is -4.21. The second-order valence-electron chi connectivity index (χ2n) is 7.21. The smallest absolute Gasteiger partial charge is 0.409 e. The predicted octanol–water partition coefficient (Wildman–Crippen LogP) is 2.67. The summed E-state index contributed by atoms with van der Waals surface area (Å²) in [5, 5.41) is 13.8. The molecule has 2 aromatic rings. The van der Waals surface area contributed by atoms with Crippen LogP contribution in [-0.2, 0) is 9.53 Å². The summed E-state index contributed by atoms with van der Waals surface area (Å²) in [7, 11) is 0. The van der Waals surface area contributed by atoms with Crippen LogP contribution >= 0.6 is 0 Å². The van der Waals surface area contributed by atoms with E-state index in [1.807, 2.05) is 0 Å². The van der Waals surface area contributed by atoms with Gasteiger partial charge in [-0.25, -0.2) is 4.79 Å². The van der Waals surface area contributed by atoms with Crippen LogP contribution in [0.4, 0.5) is 10.5 Å². The van der Waals surface area contributed by atoms with Gasteiger partial charge in [0, 0.05) is 43.9 Å². The number of amides is 3. The van der Waals surface area contributed by atoms with Crippen LogP contribution < -0.4 is 5.32 Å². The first kappa shape index (κ1) is 23.5. The number of piperazine rings is 1. The van der Waals surface area contributed by atoms with Gasteiger partial charge in [-0.05, 0) is 30.7 Å². The first-order chi connectivity index (χ1) is 15.9. The lowest BCUT2D eigenvalue weighted by molar-refractivity contribution is -0.384. The molecule has 0 bridgehead atoms. The molecule has 1 heterocycles. The summed E-state index contributed by atoms with van der Waals surface area (Å²) in [4.78, 5) is 51.5. The molecule has 0 radical (unpaired) electrons. The van der Waals surface area contributed by atoms with Gasteiger partial charge in [-0.1, -0.05) is 30.3 Å². The van der Waals surface area contributed by atoms with E-state index in [9.17, 15) is 24.5 Å². The van der Waals surface area contributed by atoms with Gasteiger partial charge in [0.25, 0.3) is 17.5 Å². The van der Waals surface area contributed by atoms with E-state index < -0.39 is 22.8 Å². The van der Waals surface area contributed by atoms with E-state index in [1.54, 1.807) is 43.3 Å². The van der Waals surface area contributed by atoms with Crippen molar-refractivity contribution in [1.82, 2.24) is 15.1 Å². The first-order valence-electron chi connectivity index (χ1n) is 10.4. The lowest BCUT2D eigenvalue weighted by atomic mass is 10.1. The number of nitrogens with zero attached hydrogens (tertiary/aromatic N) is 3. The van der Waals surface area contributed by atoms with Crippen LogP contribution in [0, 0.1) is 10.1 Å². The highest BCUT2D eigenvalue weighted by Gasteiger charge is 2.27. The molecule has 0 atom stereocenters. The van der Waals surface area contributed by atoms with Crippen LogP contribution in [0.1, 0.15) is 22.8 Å². The number of benzene rings is 2. The topological polar surface area (TPSA) is 122 Å². The Morgan fingerprint density at radius 3 is 2.33 bits per heavy atom. The van der Waals surface area contributed by atoms with E-state index in [1.165, 1.54) is 34.1 Å². The van der Waals surface area contributed by atoms with Gasteiger partial charge in [-0.3, -0.25) is 19.7 Å². The van der Waals surface area contributed by atoms with Crippen LogP contribution in [0.5, 0.6) is 0 Å². The van der Waals surface area contributed by atoms with Crippen molar-refractivity contribution in [1.29, 1.82) is 0 Å². The molecule has 33 heavy (non-hydrogen) atoms. The summed E-state index contributed by atoms with van der Waals surface area (Å²) in [6, 6.07) is 14.2. The van der Waals surface area contributed by atoms with Crippen molar-refractivity contribution in [3.8, 4) is 0 Å². The van der Waals surface area contributed by atoms with Gasteiger partial charge < -0.3 is 19.9 Å². The summed E-state index contributed by atoms with van der Waals surface area (Å²) in [5.41, 5.74) is 0.607. The number of nitrogens with one attached hydrogen (secondary N) is 1. The maximum atomic E-state index is 13.3. The monoisotopic (exact) mass is 452 g/mol. The number of hydrogen-bond donors (Lipinski definition) is 1. The average Bonchev–Trinajstić information content (AvgIpc) is 2.84. The Balaban J connectivity index is 1.83. The molecule has 1 N–H and O–H groups in total. The van der Waals surface area contributed by atoms with Crippen molar-refractivity contribution in [3.05, 3.63) is 81.5 Å². The normalized spacial score (nSPS) is 13.9. The third-order valence-electron chi connectivity index (χ3n) is 5.00. The van der Waals surface area contributed by atoms with Gasteiger partial charge in [0.1, 0.15) is 5.70 Å². The zero-order valence-electron chi connectivity index (χ0n) is 18.1. The van der Waals surface area contributed by atoms with Crippen molar-refractivity contribution in [2.75, 3.05) is 32.8 Å². The summed E-state index contributed by atoms with van der Waals surface area (Å²) in [6.45, 7) is 3.08. The van der Waals surface area contributed by atoms with Crippen LogP contribution in [0.25, 0.3) is 6.08 Å². The fraction of sp³-hybridized carbons (Fsp3) is 0.261. The predicted molar refractivity (Wildman–Crippen MR) is 120 cm³/mol. The molecule has 0 saturated carbocycles. The Bertz CT molecular complexity index is 1060. The van der Waals surface area contributed by atoms with E-state index in [-0.39, 0.29) is 31.1 Å². The number of ether oxygens (including phenoxy) is 1. The van der Waals surface area contributed by atoms with Gasteiger partial charge in [-0.2, -0.15) is 0 Å². The number of carbonyl (C=O) groups is 3. The van der Waals surface area contributed by atoms with Crippen molar-refractivity contribution in [2.24, 2.45) is 0 Å². The maximum Gasteiger partial charge on any atom is 0.409 e. The Labute approximate surface area is 190 Å². The summed E-state index contributed by atoms with van der Waals surface area (Å²) in [6.07, 6.45) is 0.975. The van der Waals surface area contributed by atoms with Crippen LogP contribution in [0.3, 0.4) is 0 Å². The number of carbonyl (C=O) groups excluding carboxylic acids is 3. The fourth-order valence-electron chi connectivity index (χ4n) is 3.31. The molecule has 0 unspecified atom stereocenters. The summed E-state index contributed by atoms with van der Waals surface area (Å²) < 4.78 is 5.00. The molecule has 3 rings (SSSR count). The molecule has 1 aliphatic rings. The number of rotatable bonds is 6. The highest BCUT2D eigenvalue weighted by atomic mass is 16.6.